The van der Waals surface area contributed by atoms with E-state index in [0.717, 1.165) is 77.0 Å². The lowest BCUT2D eigenvalue weighted by Gasteiger charge is -2.18. The molecular formula is C72H135O10P. The van der Waals surface area contributed by atoms with E-state index in [4.69, 9.17) is 27.8 Å². The summed E-state index contributed by atoms with van der Waals surface area (Å²) in [6.07, 6.45) is 67.5. The van der Waals surface area contributed by atoms with Gasteiger partial charge in [-0.1, -0.05) is 328 Å². The molecule has 11 heteroatoms. The van der Waals surface area contributed by atoms with Gasteiger partial charge in [-0.3, -0.25) is 13.6 Å². The fourth-order valence-electron chi connectivity index (χ4n) is 10.6. The lowest BCUT2D eigenvalue weighted by atomic mass is 10.0. The topological polar surface area (TPSA) is 124 Å². The summed E-state index contributed by atoms with van der Waals surface area (Å²) >= 11 is 0. The van der Waals surface area contributed by atoms with Crippen LogP contribution in [-0.2, 0) is 46.7 Å². The lowest BCUT2D eigenvalue weighted by Crippen LogP contribution is -2.05. The van der Waals surface area contributed by atoms with Gasteiger partial charge in [-0.15, -0.1) is 0 Å². The molecule has 0 fully saturated rings. The Bertz CT molecular complexity index is 1370. The number of hydrogen-bond acceptors (Lipinski definition) is 10. The van der Waals surface area contributed by atoms with E-state index in [-0.39, 0.29) is 17.9 Å². The Morgan fingerprint density at radius 1 is 0.217 bits per heavy atom. The van der Waals surface area contributed by atoms with E-state index >= 15 is 0 Å². The summed E-state index contributed by atoms with van der Waals surface area (Å²) in [5.41, 5.74) is 1.43. The maximum Gasteiger partial charge on any atom is 0.474 e. The van der Waals surface area contributed by atoms with Crippen molar-refractivity contribution in [1.29, 1.82) is 0 Å². The number of phosphoric acid groups is 1. The normalized spacial score (nSPS) is 11.6. The van der Waals surface area contributed by atoms with Crippen LogP contribution >= 0.6 is 7.82 Å². The minimum absolute atomic E-state index is 0.270. The van der Waals surface area contributed by atoms with Gasteiger partial charge in [-0.25, -0.2) is 18.9 Å². The Hall–Kier alpha value is -2.26. The summed E-state index contributed by atoms with van der Waals surface area (Å²) in [5, 5.41) is 0. The second kappa shape index (κ2) is 64.2. The first-order valence-corrected chi connectivity index (χ1v) is 37.0. The molecule has 0 rings (SSSR count). The third kappa shape index (κ3) is 62.6. The zero-order chi connectivity index (χ0) is 60.6. The molecule has 0 aromatic rings. The summed E-state index contributed by atoms with van der Waals surface area (Å²) in [6, 6.07) is 0. The first-order valence-electron chi connectivity index (χ1n) is 35.5. The van der Waals surface area contributed by atoms with E-state index in [9.17, 15) is 18.9 Å². The standard InChI is InChI=1S/C72H135O10P/c1-67(2)70(73)77-61-55-49-43-37-31-25-19-13-7-10-16-22-28-34-40-46-52-58-64-80-83(76,81-65-59-53-47-41-35-29-23-17-11-8-14-20-26-32-38-44-50-56-62-78-71(74)68(3)4)82-66-60-54-48-42-36-30-24-18-12-9-15-21-27-33-39-45-51-57-63-79-72(75)69(5)6/h1,3,5,7-66H2,2,4,6H3. The molecule has 0 saturated heterocycles. The summed E-state index contributed by atoms with van der Waals surface area (Å²) in [7, 11) is -3.56. The van der Waals surface area contributed by atoms with Gasteiger partial charge in [-0.05, 0) is 59.3 Å². The molecule has 0 aromatic heterocycles. The molecule has 0 heterocycles. The van der Waals surface area contributed by atoms with Gasteiger partial charge >= 0.3 is 25.7 Å². The van der Waals surface area contributed by atoms with Crippen LogP contribution in [0.2, 0.25) is 0 Å². The Kier molecular flexibility index (Phi) is 62.5. The van der Waals surface area contributed by atoms with Crippen molar-refractivity contribution in [2.24, 2.45) is 0 Å². The summed E-state index contributed by atoms with van der Waals surface area (Å²) in [4.78, 5) is 34.3. The van der Waals surface area contributed by atoms with Gasteiger partial charge in [0, 0.05) is 16.7 Å². The molecule has 0 unspecified atom stereocenters. The van der Waals surface area contributed by atoms with Gasteiger partial charge in [0.1, 0.15) is 0 Å². The minimum atomic E-state index is -3.56. The quantitative estimate of drug-likeness (QED) is 0.0191. The third-order valence-corrected chi connectivity index (χ3v) is 17.6. The number of rotatable bonds is 69. The van der Waals surface area contributed by atoms with Gasteiger partial charge in [-0.2, -0.15) is 0 Å². The molecule has 0 radical (unpaired) electrons. The maximum absolute atomic E-state index is 13.8. The predicted molar refractivity (Wildman–Crippen MR) is 352 cm³/mol. The molecule has 0 amide bonds. The highest BCUT2D eigenvalue weighted by Crippen LogP contribution is 2.50. The van der Waals surface area contributed by atoms with E-state index in [0.29, 0.717) is 56.4 Å². The van der Waals surface area contributed by atoms with E-state index in [1.165, 1.54) is 270 Å². The van der Waals surface area contributed by atoms with E-state index in [1.807, 2.05) is 0 Å². The molecule has 0 atom stereocenters. The molecule has 0 aliphatic heterocycles. The fourth-order valence-corrected chi connectivity index (χ4v) is 11.9. The Balaban J connectivity index is 4.14. The molecule has 0 aromatic carbocycles. The number of ether oxygens (including phenoxy) is 3. The Morgan fingerprint density at radius 2 is 0.325 bits per heavy atom. The number of carbonyl (C=O) groups is 3. The van der Waals surface area contributed by atoms with E-state index in [1.54, 1.807) is 20.8 Å². The molecule has 0 aliphatic rings. The number of esters is 3. The summed E-state index contributed by atoms with van der Waals surface area (Å²) < 4.78 is 47.2. The Morgan fingerprint density at radius 3 is 0.446 bits per heavy atom. The van der Waals surface area contributed by atoms with Crippen LogP contribution in [0.3, 0.4) is 0 Å². The second-order valence-corrected chi connectivity index (χ2v) is 26.5. The van der Waals surface area contributed by atoms with Gasteiger partial charge in [0.05, 0.1) is 39.6 Å². The molecule has 0 aliphatic carbocycles. The van der Waals surface area contributed by atoms with Crippen molar-refractivity contribution in [1.82, 2.24) is 0 Å². The van der Waals surface area contributed by atoms with Crippen molar-refractivity contribution in [2.75, 3.05) is 39.6 Å². The van der Waals surface area contributed by atoms with Crippen molar-refractivity contribution >= 4 is 25.7 Å². The predicted octanol–water partition coefficient (Wildman–Crippen LogP) is 23.6. The minimum Gasteiger partial charge on any atom is -0.462 e. The summed E-state index contributed by atoms with van der Waals surface area (Å²) in [6.45, 7) is 18.8. The smallest absolute Gasteiger partial charge is 0.462 e. The van der Waals surface area contributed by atoms with E-state index < -0.39 is 7.82 Å². The highest BCUT2D eigenvalue weighted by Gasteiger charge is 2.26. The SMILES string of the molecule is C=C(C)C(=O)OCCCCCCCCCCCCCCCCCCCCOP(=O)(OCCCCCCCCCCCCCCCCCCCCOC(=O)C(=C)C)OCCCCCCCCCCCCCCCCCCCCOC(=O)C(=C)C. The van der Waals surface area contributed by atoms with Crippen molar-refractivity contribution in [3.63, 3.8) is 0 Å². The average molecular weight is 1190 g/mol. The second-order valence-electron chi connectivity index (χ2n) is 24.8. The van der Waals surface area contributed by atoms with Crippen LogP contribution in [0.25, 0.3) is 0 Å². The van der Waals surface area contributed by atoms with Crippen LogP contribution in [0, 0.1) is 0 Å². The molecule has 0 saturated carbocycles. The average Bonchev–Trinajstić information content (AvgIpc) is 3.46. The third-order valence-electron chi connectivity index (χ3n) is 16.1. The number of phosphoric ester groups is 1. The molecule has 0 spiro atoms. The zero-order valence-corrected chi connectivity index (χ0v) is 56.0. The highest BCUT2D eigenvalue weighted by molar-refractivity contribution is 7.48. The number of carbonyl (C=O) groups excluding carboxylic acids is 3. The summed E-state index contributed by atoms with van der Waals surface area (Å²) in [5.74, 6) is -0.810. The molecule has 0 N–H and O–H groups in total. The molecular weight excluding hydrogens is 1060 g/mol. The largest absolute Gasteiger partial charge is 0.474 e. The van der Waals surface area contributed by atoms with E-state index in [2.05, 4.69) is 19.7 Å². The number of unbranched alkanes of at least 4 members (excludes halogenated alkanes) is 51. The Labute approximate surface area is 513 Å². The highest BCUT2D eigenvalue weighted by atomic mass is 31.2. The fraction of sp³-hybridized carbons (Fsp3) is 0.875. The van der Waals surface area contributed by atoms with Gasteiger partial charge in [0.15, 0.2) is 0 Å². The van der Waals surface area contributed by atoms with Crippen LogP contribution in [-0.4, -0.2) is 57.5 Å². The molecule has 488 valence electrons. The van der Waals surface area contributed by atoms with Crippen LogP contribution < -0.4 is 0 Å². The van der Waals surface area contributed by atoms with Crippen LogP contribution in [0.4, 0.5) is 0 Å². The maximum atomic E-state index is 13.8. The van der Waals surface area contributed by atoms with Crippen molar-refractivity contribution in [2.45, 2.75) is 367 Å². The molecule has 10 nitrogen and oxygen atoms in total. The first-order chi connectivity index (χ1) is 40.5. The van der Waals surface area contributed by atoms with Gasteiger partial charge in [0.25, 0.3) is 0 Å². The molecule has 0 bridgehead atoms. The zero-order valence-electron chi connectivity index (χ0n) is 55.1. The van der Waals surface area contributed by atoms with Crippen molar-refractivity contribution in [3.05, 3.63) is 36.5 Å². The lowest BCUT2D eigenvalue weighted by molar-refractivity contribution is -0.139. The monoisotopic (exact) mass is 1190 g/mol. The first kappa shape index (κ1) is 80.7. The van der Waals surface area contributed by atoms with Gasteiger partial charge < -0.3 is 14.2 Å². The number of hydrogen-bond donors (Lipinski definition) is 0. The molecule has 83 heavy (non-hydrogen) atoms. The van der Waals surface area contributed by atoms with Gasteiger partial charge in [0.2, 0.25) is 0 Å². The van der Waals surface area contributed by atoms with Crippen molar-refractivity contribution in [3.8, 4) is 0 Å². The van der Waals surface area contributed by atoms with Crippen LogP contribution in [0.1, 0.15) is 367 Å². The van der Waals surface area contributed by atoms with Crippen LogP contribution in [0.5, 0.6) is 0 Å². The van der Waals surface area contributed by atoms with Crippen LogP contribution in [0.15, 0.2) is 36.5 Å². The van der Waals surface area contributed by atoms with Crippen molar-refractivity contribution < 1.29 is 46.7 Å².